The number of hydrogen-bond donors (Lipinski definition) is 2. The number of hydrogen-bond acceptors (Lipinski definition) is 3. The van der Waals surface area contributed by atoms with Gasteiger partial charge in [0.2, 0.25) is 0 Å². The van der Waals surface area contributed by atoms with Gasteiger partial charge in [-0.15, -0.1) is 24.0 Å². The molecule has 1 aliphatic carbocycles. The molecule has 144 valence electrons. The largest absolute Gasteiger partial charge is 0.377 e. The third kappa shape index (κ3) is 3.54. The zero-order valence-corrected chi connectivity index (χ0v) is 18.3. The molecule has 3 aliphatic rings. The summed E-state index contributed by atoms with van der Waals surface area (Å²) in [4.78, 5) is 6.93. The number of para-hydroxylation sites is 1. The number of ether oxygens (including phenoxy) is 1. The van der Waals surface area contributed by atoms with Crippen molar-refractivity contribution in [2.75, 3.05) is 31.6 Å². The van der Waals surface area contributed by atoms with E-state index in [9.17, 15) is 0 Å². The number of halogens is 1. The summed E-state index contributed by atoms with van der Waals surface area (Å²) >= 11 is 0. The molecule has 1 aromatic rings. The number of nitrogens with one attached hydrogen (secondary N) is 2. The summed E-state index contributed by atoms with van der Waals surface area (Å²) in [6.45, 7) is 7.62. The Morgan fingerprint density at radius 3 is 2.69 bits per heavy atom. The molecule has 3 fully saturated rings. The number of fused-ring (bicyclic) bond motifs is 1. The summed E-state index contributed by atoms with van der Waals surface area (Å²) in [5.74, 6) is 1.56. The van der Waals surface area contributed by atoms with E-state index in [0.717, 1.165) is 38.5 Å². The fourth-order valence-electron chi connectivity index (χ4n) is 4.88. The molecule has 0 aromatic heterocycles. The van der Waals surface area contributed by atoms with E-state index in [0.29, 0.717) is 24.1 Å². The van der Waals surface area contributed by atoms with Crippen molar-refractivity contribution in [1.82, 2.24) is 10.6 Å². The third-order valence-corrected chi connectivity index (χ3v) is 6.27. The van der Waals surface area contributed by atoms with Gasteiger partial charge < -0.3 is 20.3 Å². The van der Waals surface area contributed by atoms with Crippen molar-refractivity contribution in [2.45, 2.75) is 44.9 Å². The molecule has 0 amide bonds. The first-order valence-electron chi connectivity index (χ1n) is 9.51. The van der Waals surface area contributed by atoms with Gasteiger partial charge in [0.05, 0.1) is 6.10 Å². The highest BCUT2D eigenvalue weighted by atomic mass is 127. The quantitative estimate of drug-likeness (QED) is 0.406. The smallest absolute Gasteiger partial charge is 0.191 e. The van der Waals surface area contributed by atoms with Gasteiger partial charge in [-0.3, -0.25) is 4.99 Å². The Morgan fingerprint density at radius 1 is 1.19 bits per heavy atom. The van der Waals surface area contributed by atoms with Crippen molar-refractivity contribution < 1.29 is 4.74 Å². The number of rotatable bonds is 3. The zero-order chi connectivity index (χ0) is 17.4. The fourth-order valence-corrected chi connectivity index (χ4v) is 4.88. The lowest BCUT2D eigenvalue weighted by Gasteiger charge is -2.55. The highest BCUT2D eigenvalue weighted by Crippen LogP contribution is 2.52. The van der Waals surface area contributed by atoms with Crippen LogP contribution in [0.5, 0.6) is 0 Å². The summed E-state index contributed by atoms with van der Waals surface area (Å²) in [5.41, 5.74) is 1.48. The predicted octanol–water partition coefficient (Wildman–Crippen LogP) is 2.86. The van der Waals surface area contributed by atoms with E-state index < -0.39 is 0 Å². The summed E-state index contributed by atoms with van der Waals surface area (Å²) in [6.07, 6.45) is 2.70. The van der Waals surface area contributed by atoms with Gasteiger partial charge in [-0.25, -0.2) is 0 Å². The molecule has 4 unspecified atom stereocenters. The van der Waals surface area contributed by atoms with E-state index in [-0.39, 0.29) is 29.4 Å². The molecule has 4 rings (SSSR count). The lowest BCUT2D eigenvalue weighted by atomic mass is 9.57. The van der Waals surface area contributed by atoms with Crippen molar-refractivity contribution in [3.05, 3.63) is 30.3 Å². The van der Waals surface area contributed by atoms with E-state index in [1.807, 2.05) is 7.05 Å². The van der Waals surface area contributed by atoms with Crippen molar-refractivity contribution >= 4 is 35.6 Å². The second-order valence-electron chi connectivity index (χ2n) is 8.17. The van der Waals surface area contributed by atoms with Gasteiger partial charge in [0, 0.05) is 55.8 Å². The minimum Gasteiger partial charge on any atom is -0.377 e. The number of nitrogens with zero attached hydrogens (tertiary/aromatic N) is 2. The number of benzene rings is 1. The van der Waals surface area contributed by atoms with Crippen LogP contribution in [0.1, 0.15) is 26.7 Å². The maximum atomic E-state index is 5.90. The summed E-state index contributed by atoms with van der Waals surface area (Å²) < 4.78 is 5.90. The van der Waals surface area contributed by atoms with Crippen LogP contribution in [0.3, 0.4) is 0 Å². The molecule has 0 spiro atoms. The Bertz CT molecular complexity index is 636. The molecule has 6 heteroatoms. The molecule has 0 radical (unpaired) electrons. The minimum atomic E-state index is 0. The lowest BCUT2D eigenvalue weighted by molar-refractivity contribution is -0.106. The van der Waals surface area contributed by atoms with Crippen LogP contribution in [0, 0.1) is 11.3 Å². The van der Waals surface area contributed by atoms with E-state index in [1.165, 1.54) is 5.69 Å². The number of anilines is 1. The second-order valence-corrected chi connectivity index (χ2v) is 8.17. The fraction of sp³-hybridized carbons (Fsp3) is 0.650. The lowest BCUT2D eigenvalue weighted by Crippen LogP contribution is -2.68. The molecule has 5 nitrogen and oxygen atoms in total. The molecular weight excluding hydrogens is 439 g/mol. The van der Waals surface area contributed by atoms with Crippen LogP contribution in [0.4, 0.5) is 5.69 Å². The van der Waals surface area contributed by atoms with E-state index >= 15 is 0 Å². The zero-order valence-electron chi connectivity index (χ0n) is 15.9. The van der Waals surface area contributed by atoms with Gasteiger partial charge in [-0.2, -0.15) is 0 Å². The third-order valence-electron chi connectivity index (χ3n) is 6.27. The number of aliphatic imine (C=N–C) groups is 1. The maximum absolute atomic E-state index is 5.90. The average Bonchev–Trinajstić information content (AvgIpc) is 3.27. The molecule has 0 bridgehead atoms. The van der Waals surface area contributed by atoms with Crippen LogP contribution >= 0.6 is 24.0 Å². The first-order valence-corrected chi connectivity index (χ1v) is 9.51. The Balaban J connectivity index is 0.00000196. The van der Waals surface area contributed by atoms with Gasteiger partial charge in [-0.1, -0.05) is 32.0 Å². The molecule has 26 heavy (non-hydrogen) atoms. The monoisotopic (exact) mass is 470 g/mol. The first kappa shape index (κ1) is 19.7. The van der Waals surface area contributed by atoms with E-state index in [1.54, 1.807) is 0 Å². The molecular formula is C20H31IN4O. The van der Waals surface area contributed by atoms with Gasteiger partial charge >= 0.3 is 0 Å². The van der Waals surface area contributed by atoms with Crippen LogP contribution in [0.25, 0.3) is 0 Å². The Kier molecular flexibility index (Phi) is 6.01. The predicted molar refractivity (Wildman–Crippen MR) is 118 cm³/mol. The first-order chi connectivity index (χ1) is 12.1. The summed E-state index contributed by atoms with van der Waals surface area (Å²) in [5, 5.41) is 7.33. The SMILES string of the molecule is CN=C(NC1CCN(c2ccccc2)C1)NC1C2CCOC2C1(C)C.I. The van der Waals surface area contributed by atoms with Crippen molar-refractivity contribution in [1.29, 1.82) is 0 Å². The maximum Gasteiger partial charge on any atom is 0.191 e. The summed E-state index contributed by atoms with van der Waals surface area (Å²) in [6, 6.07) is 11.5. The highest BCUT2D eigenvalue weighted by Gasteiger charge is 2.59. The van der Waals surface area contributed by atoms with Crippen molar-refractivity contribution in [2.24, 2.45) is 16.3 Å². The van der Waals surface area contributed by atoms with Crippen molar-refractivity contribution in [3.63, 3.8) is 0 Å². The minimum absolute atomic E-state index is 0. The molecule has 1 aromatic carbocycles. The molecule has 2 aliphatic heterocycles. The van der Waals surface area contributed by atoms with E-state index in [4.69, 9.17) is 4.74 Å². The molecule has 2 N–H and O–H groups in total. The highest BCUT2D eigenvalue weighted by molar-refractivity contribution is 14.0. The summed E-state index contributed by atoms with van der Waals surface area (Å²) in [7, 11) is 1.87. The van der Waals surface area contributed by atoms with Crippen LogP contribution in [-0.4, -0.2) is 50.9 Å². The average molecular weight is 470 g/mol. The van der Waals surface area contributed by atoms with Gasteiger partial charge in [0.25, 0.3) is 0 Å². The molecule has 1 saturated carbocycles. The molecule has 2 heterocycles. The molecule has 2 saturated heterocycles. The van der Waals surface area contributed by atoms with Crippen LogP contribution in [0.15, 0.2) is 35.3 Å². The topological polar surface area (TPSA) is 48.9 Å². The van der Waals surface area contributed by atoms with Gasteiger partial charge in [0.15, 0.2) is 5.96 Å². The van der Waals surface area contributed by atoms with E-state index in [2.05, 4.69) is 64.7 Å². The number of guanidine groups is 1. The normalized spacial score (nSPS) is 32.4. The second kappa shape index (κ2) is 7.92. The van der Waals surface area contributed by atoms with Crippen LogP contribution < -0.4 is 15.5 Å². The standard InChI is InChI=1S/C20H30N4O.HI/c1-20(2)17(16-10-12-25-18(16)20)23-19(21-3)22-14-9-11-24(13-14)15-7-5-4-6-8-15;/h4-8,14,16-18H,9-13H2,1-3H3,(H2,21,22,23);1H. The van der Waals surface area contributed by atoms with Crippen LogP contribution in [0.2, 0.25) is 0 Å². The van der Waals surface area contributed by atoms with Gasteiger partial charge in [0.1, 0.15) is 0 Å². The van der Waals surface area contributed by atoms with Gasteiger partial charge in [-0.05, 0) is 25.0 Å². The Labute approximate surface area is 174 Å². The molecule has 4 atom stereocenters. The van der Waals surface area contributed by atoms with Crippen molar-refractivity contribution in [3.8, 4) is 0 Å². The Hall–Kier alpha value is -1.02. The Morgan fingerprint density at radius 2 is 1.96 bits per heavy atom. The van der Waals surface area contributed by atoms with Crippen LogP contribution in [-0.2, 0) is 4.74 Å².